The van der Waals surface area contributed by atoms with Gasteiger partial charge >= 0.3 is 0 Å². The number of nitrogens with zero attached hydrogens (tertiary/aromatic N) is 2. The van der Waals surface area contributed by atoms with E-state index in [1.165, 1.54) is 24.3 Å². The van der Waals surface area contributed by atoms with Gasteiger partial charge in [0.1, 0.15) is 11.6 Å². The van der Waals surface area contributed by atoms with Crippen LogP contribution in [-0.2, 0) is 27.7 Å². The quantitative estimate of drug-likeness (QED) is 0.226. The van der Waals surface area contributed by atoms with Crippen molar-refractivity contribution in [3.63, 3.8) is 0 Å². The molecule has 0 fully saturated rings. The van der Waals surface area contributed by atoms with Crippen LogP contribution in [0, 0.1) is 11.6 Å². The lowest BCUT2D eigenvalue weighted by Crippen LogP contribution is -2.35. The summed E-state index contributed by atoms with van der Waals surface area (Å²) >= 11 is 5.95. The number of hydrogen-bond acceptors (Lipinski definition) is 4. The van der Waals surface area contributed by atoms with Crippen molar-refractivity contribution in [1.82, 2.24) is 10.3 Å². The minimum atomic E-state index is -4.36. The Morgan fingerprint density at radius 1 is 0.975 bits per heavy atom. The van der Waals surface area contributed by atoms with Crippen LogP contribution in [0.2, 0.25) is 5.02 Å². The summed E-state index contributed by atoms with van der Waals surface area (Å²) in [6.45, 7) is 2.03. The van der Waals surface area contributed by atoms with Crippen molar-refractivity contribution in [2.24, 2.45) is 0 Å². The topological polar surface area (TPSA) is 79.4 Å². The molecule has 0 bridgehead atoms. The van der Waals surface area contributed by atoms with E-state index in [1.54, 1.807) is 37.4 Å². The van der Waals surface area contributed by atoms with Gasteiger partial charge in [-0.2, -0.15) is 0 Å². The fraction of sp³-hybridized carbons (Fsp3) is 0.200. The zero-order valence-electron chi connectivity index (χ0n) is 21.7. The van der Waals surface area contributed by atoms with E-state index in [4.69, 9.17) is 11.6 Å². The van der Waals surface area contributed by atoms with Crippen LogP contribution in [0.15, 0.2) is 96.0 Å². The predicted molar refractivity (Wildman–Crippen MR) is 152 cm³/mol. The molecule has 208 valence electrons. The number of benzene rings is 3. The molecule has 0 aliphatic heterocycles. The molecule has 1 heterocycles. The number of rotatable bonds is 11. The summed E-state index contributed by atoms with van der Waals surface area (Å²) in [6.07, 6.45) is 2.76. The van der Waals surface area contributed by atoms with Gasteiger partial charge in [0, 0.05) is 42.4 Å². The fourth-order valence-corrected chi connectivity index (χ4v) is 6.19. The van der Waals surface area contributed by atoms with Gasteiger partial charge in [0.05, 0.1) is 16.6 Å². The Morgan fingerprint density at radius 2 is 1.70 bits per heavy atom. The third kappa shape index (κ3) is 7.03. The van der Waals surface area contributed by atoms with E-state index in [0.29, 0.717) is 35.5 Å². The van der Waals surface area contributed by atoms with Crippen LogP contribution in [0.5, 0.6) is 0 Å². The Hall–Kier alpha value is -3.82. The van der Waals surface area contributed by atoms with Crippen LogP contribution < -0.4 is 9.62 Å². The van der Waals surface area contributed by atoms with E-state index >= 15 is 4.39 Å². The van der Waals surface area contributed by atoms with E-state index < -0.39 is 33.4 Å². The molecule has 1 atom stereocenters. The maximum absolute atomic E-state index is 15.1. The summed E-state index contributed by atoms with van der Waals surface area (Å²) in [5, 5.41) is 3.21. The highest BCUT2D eigenvalue weighted by atomic mass is 35.5. The highest BCUT2D eigenvalue weighted by Gasteiger charge is 2.33. The Labute approximate surface area is 237 Å². The first-order valence-corrected chi connectivity index (χ1v) is 14.5. The van der Waals surface area contributed by atoms with Crippen LogP contribution in [0.4, 0.5) is 14.5 Å². The van der Waals surface area contributed by atoms with Gasteiger partial charge in [-0.3, -0.25) is 14.1 Å². The standard InChI is InChI=1S/C30H28ClF2N3O3S/c1-21(27-8-3-2-6-22(27)9-16-30(37)35-19-17-25-7-4-5-18-34-25)36(29-20-24(32)12-15-28(29)33)40(38,39)26-13-10-23(31)11-14-26/h2-8,10-15,18,20-21H,9,16-17,19H2,1H3,(H,35,37)/t21-/m1/s1. The van der Waals surface area contributed by atoms with Crippen molar-refractivity contribution in [3.05, 3.63) is 125 Å². The molecule has 0 spiro atoms. The molecule has 0 saturated carbocycles. The number of carbonyl (C=O) groups excluding carboxylic acids is 1. The number of sulfonamides is 1. The summed E-state index contributed by atoms with van der Waals surface area (Å²) in [5.74, 6) is -1.84. The minimum Gasteiger partial charge on any atom is -0.356 e. The van der Waals surface area contributed by atoms with Crippen molar-refractivity contribution in [1.29, 1.82) is 0 Å². The first-order valence-electron chi connectivity index (χ1n) is 12.7. The second-order valence-electron chi connectivity index (χ2n) is 9.15. The van der Waals surface area contributed by atoms with Gasteiger partial charge in [-0.25, -0.2) is 17.2 Å². The average molecular weight is 584 g/mol. The third-order valence-electron chi connectivity index (χ3n) is 6.42. The van der Waals surface area contributed by atoms with E-state index in [9.17, 15) is 17.6 Å². The highest BCUT2D eigenvalue weighted by Crippen LogP contribution is 2.37. The summed E-state index contributed by atoms with van der Waals surface area (Å²) < 4.78 is 57.9. The molecule has 40 heavy (non-hydrogen) atoms. The van der Waals surface area contributed by atoms with Gasteiger partial charge in [0.15, 0.2) is 0 Å². The molecule has 0 aliphatic rings. The van der Waals surface area contributed by atoms with E-state index in [-0.39, 0.29) is 17.2 Å². The molecule has 1 aromatic heterocycles. The number of carbonyl (C=O) groups is 1. The van der Waals surface area contributed by atoms with Crippen LogP contribution >= 0.6 is 11.6 Å². The van der Waals surface area contributed by atoms with Gasteiger partial charge in [-0.15, -0.1) is 0 Å². The molecule has 1 N–H and O–H groups in total. The molecule has 10 heteroatoms. The van der Waals surface area contributed by atoms with Gasteiger partial charge in [0.25, 0.3) is 10.0 Å². The number of amides is 1. The Bertz CT molecular complexity index is 1570. The van der Waals surface area contributed by atoms with Crippen molar-refractivity contribution >= 4 is 33.2 Å². The molecule has 6 nitrogen and oxygen atoms in total. The maximum Gasteiger partial charge on any atom is 0.264 e. The molecule has 0 aliphatic carbocycles. The second-order valence-corrected chi connectivity index (χ2v) is 11.4. The molecule has 0 saturated heterocycles. The van der Waals surface area contributed by atoms with Crippen molar-refractivity contribution in [3.8, 4) is 0 Å². The molecular weight excluding hydrogens is 556 g/mol. The lowest BCUT2D eigenvalue weighted by Gasteiger charge is -2.32. The van der Waals surface area contributed by atoms with Crippen molar-refractivity contribution in [2.45, 2.75) is 37.1 Å². The third-order valence-corrected chi connectivity index (χ3v) is 8.57. The summed E-state index contributed by atoms with van der Waals surface area (Å²) in [6, 6.07) is 19.8. The number of hydrogen-bond donors (Lipinski definition) is 1. The fourth-order valence-electron chi connectivity index (χ4n) is 4.43. The lowest BCUT2D eigenvalue weighted by molar-refractivity contribution is -0.121. The van der Waals surface area contributed by atoms with Gasteiger partial charge in [-0.05, 0) is 73.0 Å². The Morgan fingerprint density at radius 3 is 2.42 bits per heavy atom. The van der Waals surface area contributed by atoms with Gasteiger partial charge in [-0.1, -0.05) is 41.9 Å². The van der Waals surface area contributed by atoms with Crippen molar-refractivity contribution < 1.29 is 22.0 Å². The highest BCUT2D eigenvalue weighted by molar-refractivity contribution is 7.92. The summed E-state index contributed by atoms with van der Waals surface area (Å²) in [7, 11) is -4.36. The molecule has 0 radical (unpaired) electrons. The molecule has 3 aromatic carbocycles. The zero-order chi connectivity index (χ0) is 28.7. The number of aryl methyl sites for hydroxylation is 1. The summed E-state index contributed by atoms with van der Waals surface area (Å²) in [5.41, 5.74) is 1.71. The lowest BCUT2D eigenvalue weighted by atomic mass is 9.97. The van der Waals surface area contributed by atoms with Crippen LogP contribution in [-0.4, -0.2) is 25.9 Å². The van der Waals surface area contributed by atoms with Crippen molar-refractivity contribution in [2.75, 3.05) is 10.8 Å². The largest absolute Gasteiger partial charge is 0.356 e. The predicted octanol–water partition coefficient (Wildman–Crippen LogP) is 6.26. The summed E-state index contributed by atoms with van der Waals surface area (Å²) in [4.78, 5) is 16.7. The number of pyridine rings is 1. The van der Waals surface area contributed by atoms with Crippen LogP contribution in [0.3, 0.4) is 0 Å². The van der Waals surface area contributed by atoms with E-state index in [0.717, 1.165) is 28.2 Å². The average Bonchev–Trinajstić information content (AvgIpc) is 2.94. The Kier molecular flexibility index (Phi) is 9.50. The monoisotopic (exact) mass is 583 g/mol. The SMILES string of the molecule is C[C@H](c1ccccc1CCC(=O)NCCc1ccccn1)N(c1cc(F)ccc1F)S(=O)(=O)c1ccc(Cl)cc1. The second kappa shape index (κ2) is 13.0. The van der Waals surface area contributed by atoms with Gasteiger partial charge in [0.2, 0.25) is 5.91 Å². The number of anilines is 1. The normalized spacial score (nSPS) is 12.1. The van der Waals surface area contributed by atoms with Gasteiger partial charge < -0.3 is 5.32 Å². The number of aromatic nitrogens is 1. The Balaban J connectivity index is 1.60. The number of halogens is 3. The number of nitrogens with one attached hydrogen (secondary N) is 1. The van der Waals surface area contributed by atoms with Crippen LogP contribution in [0.25, 0.3) is 0 Å². The first kappa shape index (κ1) is 29.2. The smallest absolute Gasteiger partial charge is 0.264 e. The molecule has 0 unspecified atom stereocenters. The zero-order valence-corrected chi connectivity index (χ0v) is 23.3. The maximum atomic E-state index is 15.1. The molecule has 4 aromatic rings. The minimum absolute atomic E-state index is 0.128. The first-order chi connectivity index (χ1) is 19.2. The van der Waals surface area contributed by atoms with E-state index in [2.05, 4.69) is 10.3 Å². The molecule has 1 amide bonds. The molecule has 4 rings (SSSR count). The van der Waals surface area contributed by atoms with Crippen LogP contribution in [0.1, 0.15) is 36.2 Å². The van der Waals surface area contributed by atoms with E-state index in [1.807, 2.05) is 18.2 Å². The molecular formula is C30H28ClF2N3O3S.